The summed E-state index contributed by atoms with van der Waals surface area (Å²) in [4.78, 5) is 29.7. The number of aryl methyl sites for hydroxylation is 1. The van der Waals surface area contributed by atoms with Gasteiger partial charge in [-0.3, -0.25) is 19.0 Å². The number of nitrogens with two attached hydrogens (primary N) is 1. The van der Waals surface area contributed by atoms with Crippen molar-refractivity contribution in [2.45, 2.75) is 57.7 Å². The number of hydrogen-bond donors (Lipinski definition) is 2. The van der Waals surface area contributed by atoms with Crippen LogP contribution < -0.4 is 15.8 Å². The molecule has 2 saturated carbocycles. The monoisotopic (exact) mass is 615 g/mol. The van der Waals surface area contributed by atoms with Crippen molar-refractivity contribution in [2.75, 3.05) is 0 Å². The van der Waals surface area contributed by atoms with Crippen molar-refractivity contribution in [2.24, 2.45) is 18.2 Å². The van der Waals surface area contributed by atoms with Crippen molar-refractivity contribution in [1.29, 1.82) is 0 Å². The first-order valence-corrected chi connectivity index (χ1v) is 14.6. The maximum absolute atomic E-state index is 13.2. The summed E-state index contributed by atoms with van der Waals surface area (Å²) in [5.74, 6) is -0.545. The van der Waals surface area contributed by atoms with Crippen LogP contribution in [0.25, 0.3) is 27.8 Å². The van der Waals surface area contributed by atoms with Gasteiger partial charge in [-0.05, 0) is 61.8 Å². The van der Waals surface area contributed by atoms with Crippen LogP contribution in [0.5, 0.6) is 5.88 Å². The summed E-state index contributed by atoms with van der Waals surface area (Å²) in [6.07, 6.45) is 7.09. The fraction of sp³-hybridized carbons (Fsp3) is 0.355. The Bertz CT molecular complexity index is 1910. The molecule has 3 N–H and O–H groups in total. The van der Waals surface area contributed by atoms with Crippen LogP contribution in [0.4, 0.5) is 8.78 Å². The zero-order valence-electron chi connectivity index (χ0n) is 24.7. The van der Waals surface area contributed by atoms with Gasteiger partial charge in [0.25, 0.3) is 18.2 Å². The number of nitrogens with one attached hydrogen (secondary N) is 1. The number of halogens is 2. The molecule has 12 nitrogen and oxygen atoms in total. The number of alkyl halides is 2. The first kappa shape index (κ1) is 28.6. The van der Waals surface area contributed by atoms with E-state index in [-0.39, 0.29) is 34.9 Å². The molecule has 0 saturated heterocycles. The lowest BCUT2D eigenvalue weighted by Gasteiger charge is -2.57. The van der Waals surface area contributed by atoms with Gasteiger partial charge in [-0.15, -0.1) is 0 Å². The molecule has 232 valence electrons. The summed E-state index contributed by atoms with van der Waals surface area (Å²) in [6, 6.07) is 9.17. The summed E-state index contributed by atoms with van der Waals surface area (Å²) >= 11 is 0. The van der Waals surface area contributed by atoms with Crippen molar-refractivity contribution in [3.63, 3.8) is 0 Å². The van der Waals surface area contributed by atoms with E-state index in [0.29, 0.717) is 16.9 Å². The van der Waals surface area contributed by atoms with Gasteiger partial charge in [0.1, 0.15) is 18.2 Å². The van der Waals surface area contributed by atoms with E-state index in [1.807, 2.05) is 31.2 Å². The first-order valence-electron chi connectivity index (χ1n) is 14.6. The second kappa shape index (κ2) is 10.8. The Morgan fingerprint density at radius 2 is 1.80 bits per heavy atom. The van der Waals surface area contributed by atoms with Crippen LogP contribution in [0.3, 0.4) is 0 Å². The van der Waals surface area contributed by atoms with Crippen LogP contribution in [0, 0.1) is 12.3 Å². The van der Waals surface area contributed by atoms with Crippen LogP contribution in [0.1, 0.15) is 52.1 Å². The van der Waals surface area contributed by atoms with Crippen LogP contribution in [-0.2, 0) is 13.6 Å². The molecule has 1 spiro atoms. The standard InChI is InChI=1S/C31H31F2N9O3/c1-17-25(14-37-42(17)22-5-3-18(4-6-22)20-13-36-41(15-20)16-26(32)33)29(44)38-21-8-31(9-21)10-23(11-31)45-30-24(27(34)43)7-19-12-35-40(2)28(19)39-30/h3-7,12-15,21,23,26H,8-11,16H2,1-2H3,(H2,34,43)(H,38,44)/t21-,23-,31?. The molecule has 0 bridgehead atoms. The molecular weight excluding hydrogens is 584 g/mol. The minimum atomic E-state index is -2.47. The van der Waals surface area contributed by atoms with Gasteiger partial charge in [-0.25, -0.2) is 13.5 Å². The number of carbonyl (C=O) groups excluding carboxylic acids is 2. The van der Waals surface area contributed by atoms with Gasteiger partial charge < -0.3 is 15.8 Å². The number of primary amides is 1. The summed E-state index contributed by atoms with van der Waals surface area (Å²) < 4.78 is 36.0. The number of fused-ring (bicyclic) bond motifs is 1. The van der Waals surface area contributed by atoms with Crippen LogP contribution in [-0.4, -0.2) is 64.7 Å². The summed E-state index contributed by atoms with van der Waals surface area (Å²) in [7, 11) is 1.77. The SMILES string of the molecule is Cc1c(C(=O)N[C@H]2CC3(C2)C[C@H](Oc2nc4c(cnn4C)cc2C(N)=O)C3)cnn1-c1ccc(-c2cnn(CC(F)F)c2)cc1. The molecule has 2 amide bonds. The zero-order valence-corrected chi connectivity index (χ0v) is 24.7. The number of benzene rings is 1. The van der Waals surface area contributed by atoms with E-state index in [1.54, 1.807) is 47.3 Å². The Morgan fingerprint density at radius 3 is 2.51 bits per heavy atom. The van der Waals surface area contributed by atoms with Crippen molar-refractivity contribution in [3.8, 4) is 22.7 Å². The smallest absolute Gasteiger partial charge is 0.257 e. The molecule has 1 aromatic carbocycles. The van der Waals surface area contributed by atoms with E-state index in [2.05, 4.69) is 25.6 Å². The van der Waals surface area contributed by atoms with Gasteiger partial charge >= 0.3 is 0 Å². The van der Waals surface area contributed by atoms with Gasteiger partial charge in [0.15, 0.2) is 5.65 Å². The third-order valence-corrected chi connectivity index (χ3v) is 8.89. The van der Waals surface area contributed by atoms with E-state index in [9.17, 15) is 18.4 Å². The molecule has 14 heteroatoms. The number of hydrogen-bond acceptors (Lipinski definition) is 7. The van der Waals surface area contributed by atoms with Crippen LogP contribution in [0.2, 0.25) is 0 Å². The predicted molar refractivity (Wildman–Crippen MR) is 159 cm³/mol. The lowest BCUT2D eigenvalue weighted by molar-refractivity contribution is -0.0847. The molecule has 45 heavy (non-hydrogen) atoms. The van der Waals surface area contributed by atoms with Crippen LogP contribution >= 0.6 is 0 Å². The summed E-state index contributed by atoms with van der Waals surface area (Å²) in [5, 5.41) is 16.5. The molecule has 4 aromatic heterocycles. The van der Waals surface area contributed by atoms with E-state index in [0.717, 1.165) is 47.9 Å². The number of pyridine rings is 1. The fourth-order valence-corrected chi connectivity index (χ4v) is 6.60. The quantitative estimate of drug-likeness (QED) is 0.256. The highest BCUT2D eigenvalue weighted by molar-refractivity contribution is 5.98. The van der Waals surface area contributed by atoms with Gasteiger partial charge in [0, 0.05) is 30.2 Å². The molecule has 7 rings (SSSR count). The van der Waals surface area contributed by atoms with E-state index >= 15 is 0 Å². The number of rotatable bonds is 9. The maximum Gasteiger partial charge on any atom is 0.257 e. The first-order chi connectivity index (χ1) is 21.6. The van der Waals surface area contributed by atoms with E-state index in [4.69, 9.17) is 10.5 Å². The molecule has 0 radical (unpaired) electrons. The second-order valence-electron chi connectivity index (χ2n) is 12.1. The molecule has 2 fully saturated rings. The van der Waals surface area contributed by atoms with Crippen molar-refractivity contribution < 1.29 is 23.1 Å². The van der Waals surface area contributed by atoms with Gasteiger partial charge in [0.2, 0.25) is 5.88 Å². The minimum absolute atomic E-state index is 0.0524. The third-order valence-electron chi connectivity index (χ3n) is 8.89. The summed E-state index contributed by atoms with van der Waals surface area (Å²) in [5.41, 5.74) is 10.1. The molecule has 4 heterocycles. The van der Waals surface area contributed by atoms with E-state index < -0.39 is 18.9 Å². The number of carbonyl (C=O) groups is 2. The number of amides is 2. The Kier molecular flexibility index (Phi) is 6.86. The normalized spacial score (nSPS) is 20.7. The van der Waals surface area contributed by atoms with Gasteiger partial charge in [-0.2, -0.15) is 20.3 Å². The topological polar surface area (TPSA) is 148 Å². The number of ether oxygens (including phenoxy) is 1. The lowest BCUT2D eigenvalue weighted by atomic mass is 9.53. The van der Waals surface area contributed by atoms with Crippen LogP contribution in [0.15, 0.2) is 55.1 Å². The fourth-order valence-electron chi connectivity index (χ4n) is 6.60. The average Bonchev–Trinajstić information content (AvgIpc) is 3.68. The Morgan fingerprint density at radius 1 is 1.04 bits per heavy atom. The molecule has 0 aliphatic heterocycles. The van der Waals surface area contributed by atoms with E-state index in [1.165, 1.54) is 4.68 Å². The third kappa shape index (κ3) is 5.29. The molecule has 5 aromatic rings. The zero-order chi connectivity index (χ0) is 31.5. The predicted octanol–water partition coefficient (Wildman–Crippen LogP) is 3.81. The largest absolute Gasteiger partial charge is 0.474 e. The van der Waals surface area contributed by atoms with Crippen molar-refractivity contribution in [1.82, 2.24) is 39.6 Å². The highest BCUT2D eigenvalue weighted by Gasteiger charge is 2.54. The number of aromatic nitrogens is 7. The second-order valence-corrected chi connectivity index (χ2v) is 12.1. The Hall–Kier alpha value is -5.14. The minimum Gasteiger partial charge on any atom is -0.474 e. The maximum atomic E-state index is 13.2. The summed E-state index contributed by atoms with van der Waals surface area (Å²) in [6.45, 7) is 1.39. The average molecular weight is 616 g/mol. The molecular formula is C31H31F2N9O3. The van der Waals surface area contributed by atoms with Gasteiger partial charge in [-0.1, -0.05) is 12.1 Å². The Balaban J connectivity index is 0.938. The van der Waals surface area contributed by atoms with Crippen molar-refractivity contribution >= 4 is 22.8 Å². The molecule has 2 aliphatic rings. The molecule has 2 aliphatic carbocycles. The Labute approximate surface area is 256 Å². The van der Waals surface area contributed by atoms with Gasteiger partial charge in [0.05, 0.1) is 35.5 Å². The highest BCUT2D eigenvalue weighted by Crippen LogP contribution is 2.57. The number of nitrogens with zero attached hydrogens (tertiary/aromatic N) is 7. The lowest BCUT2D eigenvalue weighted by Crippen LogP contribution is -2.58. The molecule has 0 unspecified atom stereocenters. The molecule has 0 atom stereocenters. The highest BCUT2D eigenvalue weighted by atomic mass is 19.3. The van der Waals surface area contributed by atoms with Crippen molar-refractivity contribution in [3.05, 3.63) is 71.9 Å².